The van der Waals surface area contributed by atoms with Crippen LogP contribution in [-0.2, 0) is 41.5 Å². The first-order valence-electron chi connectivity index (χ1n) is 17.6. The highest BCUT2D eigenvalue weighted by atomic mass is 16.5. The Balaban J connectivity index is 0.000000260. The van der Waals surface area contributed by atoms with Gasteiger partial charge < -0.3 is 25.8 Å². The minimum Gasteiger partial charge on any atom is -0.467 e. The molecule has 2 aromatic rings. The van der Waals surface area contributed by atoms with E-state index in [0.717, 1.165) is 80.9 Å². The number of carbonyl (C=O) groups excluding carboxylic acids is 4. The lowest BCUT2D eigenvalue weighted by Gasteiger charge is -2.29. The van der Waals surface area contributed by atoms with Crippen LogP contribution in [0, 0.1) is 24.7 Å². The number of nitrogens with one attached hydrogen (secondary N) is 2. The number of ether oxygens (including phenoxy) is 2. The second kappa shape index (κ2) is 18.7. The van der Waals surface area contributed by atoms with Crippen LogP contribution in [0.5, 0.6) is 0 Å². The molecule has 2 aromatic carbocycles. The van der Waals surface area contributed by atoms with E-state index in [4.69, 9.17) is 15.2 Å². The Labute approximate surface area is 287 Å². The van der Waals surface area contributed by atoms with Crippen molar-refractivity contribution in [1.29, 1.82) is 0 Å². The molecule has 48 heavy (non-hydrogen) atoms. The van der Waals surface area contributed by atoms with E-state index in [9.17, 15) is 19.2 Å². The second-order valence-corrected chi connectivity index (χ2v) is 13.7. The van der Waals surface area contributed by atoms with Gasteiger partial charge in [0.25, 0.3) is 0 Å². The van der Waals surface area contributed by atoms with E-state index in [1.54, 1.807) is 0 Å². The van der Waals surface area contributed by atoms with Crippen molar-refractivity contribution in [3.8, 4) is 0 Å². The van der Waals surface area contributed by atoms with Gasteiger partial charge in [-0.3, -0.25) is 9.59 Å². The van der Waals surface area contributed by atoms with Crippen molar-refractivity contribution in [3.63, 3.8) is 0 Å². The summed E-state index contributed by atoms with van der Waals surface area (Å²) in [4.78, 5) is 50.1. The fourth-order valence-electron chi connectivity index (χ4n) is 7.25. The minimum absolute atomic E-state index is 0.0179. The number of aryl methyl sites for hydroxylation is 2. The fourth-order valence-corrected chi connectivity index (χ4v) is 7.25. The number of hydrogen-bond acceptors (Lipinski definition) is 7. The van der Waals surface area contributed by atoms with Gasteiger partial charge >= 0.3 is 11.9 Å². The molecule has 0 aromatic heterocycles. The molecule has 0 heterocycles. The van der Waals surface area contributed by atoms with Crippen LogP contribution in [0.1, 0.15) is 99.8 Å². The van der Waals surface area contributed by atoms with Gasteiger partial charge in [0.1, 0.15) is 12.1 Å². The number of hydrogen-bond donors (Lipinski definition) is 3. The largest absolute Gasteiger partial charge is 0.467 e. The molecule has 2 fully saturated rings. The average molecular weight is 664 g/mol. The number of rotatable bonds is 14. The first-order chi connectivity index (χ1) is 23.0. The molecule has 4 N–H and O–H groups in total. The zero-order valence-electron chi connectivity index (χ0n) is 29.7. The summed E-state index contributed by atoms with van der Waals surface area (Å²) < 4.78 is 9.80. The lowest BCUT2D eigenvalue weighted by Crippen LogP contribution is -2.49. The third-order valence-electron chi connectivity index (χ3n) is 10.1. The monoisotopic (exact) mass is 663 g/mol. The van der Waals surface area contributed by atoms with E-state index in [1.807, 2.05) is 62.4 Å². The highest BCUT2D eigenvalue weighted by Crippen LogP contribution is 2.42. The molecule has 264 valence electrons. The first kappa shape index (κ1) is 38.7. The number of amides is 2. The van der Waals surface area contributed by atoms with Crippen molar-refractivity contribution in [2.24, 2.45) is 16.6 Å². The molecule has 0 saturated heterocycles. The standard InChI is InChI=1S/C20H29NO3.C19H28N2O3/c1-4-11-20(12-5-6-13-20)19(23)21-17(18(22)24-3)14-16-9-7-15(2)8-10-16;1-14-5-7-15(8-6-14)13-16(17(22)24-2)21-18(23)19(11-12-20)9-3-4-10-19/h7-10,17H,4-6,11-14H2,1-3H3,(H,21,23);5-8,16H,3-4,9-13,20H2,1-2H3,(H,21,23). The molecule has 0 spiro atoms. The number of methoxy groups -OCH3 is 2. The molecule has 2 saturated carbocycles. The van der Waals surface area contributed by atoms with Gasteiger partial charge in [-0.1, -0.05) is 98.7 Å². The van der Waals surface area contributed by atoms with Crippen LogP contribution in [0.4, 0.5) is 0 Å². The quantitative estimate of drug-likeness (QED) is 0.222. The van der Waals surface area contributed by atoms with Crippen LogP contribution in [-0.4, -0.2) is 56.6 Å². The van der Waals surface area contributed by atoms with Crippen molar-refractivity contribution < 1.29 is 28.7 Å². The number of esters is 2. The Morgan fingerprint density at radius 3 is 1.33 bits per heavy atom. The van der Waals surface area contributed by atoms with E-state index in [0.29, 0.717) is 25.8 Å². The first-order valence-corrected chi connectivity index (χ1v) is 17.6. The smallest absolute Gasteiger partial charge is 0.328 e. The van der Waals surface area contributed by atoms with Crippen molar-refractivity contribution in [2.75, 3.05) is 20.8 Å². The molecule has 9 heteroatoms. The summed E-state index contributed by atoms with van der Waals surface area (Å²) in [6, 6.07) is 14.7. The lowest BCUT2D eigenvalue weighted by atomic mass is 9.80. The molecular formula is C39H57N3O6. The molecule has 2 atom stereocenters. The van der Waals surface area contributed by atoms with Gasteiger partial charge in [0.2, 0.25) is 11.8 Å². The molecule has 4 rings (SSSR count). The Morgan fingerprint density at radius 1 is 0.667 bits per heavy atom. The second-order valence-electron chi connectivity index (χ2n) is 13.7. The highest BCUT2D eigenvalue weighted by Gasteiger charge is 2.42. The molecule has 2 aliphatic carbocycles. The Hall–Kier alpha value is -3.72. The van der Waals surface area contributed by atoms with Crippen molar-refractivity contribution >= 4 is 23.8 Å². The van der Waals surface area contributed by atoms with Crippen molar-refractivity contribution in [3.05, 3.63) is 70.8 Å². The van der Waals surface area contributed by atoms with Crippen LogP contribution < -0.4 is 16.4 Å². The Bertz CT molecular complexity index is 1220. The lowest BCUT2D eigenvalue weighted by molar-refractivity contribution is -0.147. The third kappa shape index (κ3) is 10.6. The number of carbonyl (C=O) groups is 4. The van der Waals surface area contributed by atoms with E-state index in [1.165, 1.54) is 19.8 Å². The molecule has 0 radical (unpaired) electrons. The SMILES string of the molecule is CCCC1(C(=O)NC(Cc2ccc(C)cc2)C(=O)OC)CCCC1.COC(=O)C(Cc1ccc(C)cc1)NC(=O)C1(CCN)CCCC1. The van der Waals surface area contributed by atoms with Crippen LogP contribution >= 0.6 is 0 Å². The van der Waals surface area contributed by atoms with Gasteiger partial charge in [-0.25, -0.2) is 9.59 Å². The summed E-state index contributed by atoms with van der Waals surface area (Å²) >= 11 is 0. The van der Waals surface area contributed by atoms with Crippen molar-refractivity contribution in [1.82, 2.24) is 10.6 Å². The molecular weight excluding hydrogens is 606 g/mol. The zero-order valence-corrected chi connectivity index (χ0v) is 29.7. The normalized spacial score (nSPS) is 17.3. The summed E-state index contributed by atoms with van der Waals surface area (Å²) in [7, 11) is 2.72. The maximum absolute atomic E-state index is 12.9. The van der Waals surface area contributed by atoms with E-state index in [2.05, 4.69) is 17.6 Å². The van der Waals surface area contributed by atoms with E-state index < -0.39 is 23.5 Å². The number of benzene rings is 2. The van der Waals surface area contributed by atoms with Crippen molar-refractivity contribution in [2.45, 2.75) is 116 Å². The van der Waals surface area contributed by atoms with Gasteiger partial charge in [0.05, 0.1) is 19.6 Å². The van der Waals surface area contributed by atoms with Gasteiger partial charge in [0, 0.05) is 18.3 Å². The predicted octanol–water partition coefficient (Wildman–Crippen LogP) is 5.66. The topological polar surface area (TPSA) is 137 Å². The zero-order chi connectivity index (χ0) is 35.2. The summed E-state index contributed by atoms with van der Waals surface area (Å²) in [6.45, 7) is 6.63. The van der Waals surface area contributed by atoms with E-state index in [-0.39, 0.29) is 23.2 Å². The Morgan fingerprint density at radius 2 is 1.02 bits per heavy atom. The minimum atomic E-state index is -0.666. The molecule has 0 aliphatic heterocycles. The number of nitrogens with two attached hydrogens (primary N) is 1. The van der Waals surface area contributed by atoms with Gasteiger partial charge in [-0.05, 0) is 70.0 Å². The molecule has 9 nitrogen and oxygen atoms in total. The molecule has 2 aliphatic rings. The van der Waals surface area contributed by atoms with Crippen LogP contribution in [0.15, 0.2) is 48.5 Å². The van der Waals surface area contributed by atoms with Gasteiger partial charge in [-0.15, -0.1) is 0 Å². The van der Waals surface area contributed by atoms with Crippen LogP contribution in [0.2, 0.25) is 0 Å². The maximum atomic E-state index is 12.9. The summed E-state index contributed by atoms with van der Waals surface area (Å²) in [5.41, 5.74) is 9.34. The highest BCUT2D eigenvalue weighted by molar-refractivity contribution is 5.89. The van der Waals surface area contributed by atoms with Crippen LogP contribution in [0.25, 0.3) is 0 Å². The molecule has 0 bridgehead atoms. The van der Waals surface area contributed by atoms with E-state index >= 15 is 0 Å². The Kier molecular flexibility index (Phi) is 15.1. The predicted molar refractivity (Wildman–Crippen MR) is 188 cm³/mol. The van der Waals surface area contributed by atoms with Gasteiger partial charge in [0.15, 0.2) is 0 Å². The van der Waals surface area contributed by atoms with Gasteiger partial charge in [-0.2, -0.15) is 0 Å². The van der Waals surface area contributed by atoms with Crippen LogP contribution in [0.3, 0.4) is 0 Å². The summed E-state index contributed by atoms with van der Waals surface area (Å²) in [5, 5.41) is 5.91. The third-order valence-corrected chi connectivity index (χ3v) is 10.1. The average Bonchev–Trinajstić information content (AvgIpc) is 3.77. The maximum Gasteiger partial charge on any atom is 0.328 e. The molecule has 2 unspecified atom stereocenters. The molecule has 2 amide bonds. The fraction of sp³-hybridized carbons (Fsp3) is 0.590. The summed E-state index contributed by atoms with van der Waals surface area (Å²) in [5.74, 6) is -0.837. The summed E-state index contributed by atoms with van der Waals surface area (Å²) in [6.07, 6.45) is 11.2.